The number of fused-ring (bicyclic) bond motifs is 1. The van der Waals surface area contributed by atoms with Gasteiger partial charge in [0.15, 0.2) is 0 Å². The summed E-state index contributed by atoms with van der Waals surface area (Å²) in [5.41, 5.74) is 2.61. The zero-order chi connectivity index (χ0) is 17.1. The fraction of sp³-hybridized carbons (Fsp3) is 0.211. The van der Waals surface area contributed by atoms with E-state index in [4.69, 9.17) is 11.2 Å². The van der Waals surface area contributed by atoms with Crippen LogP contribution in [0.15, 0.2) is 42.5 Å². The maximum Gasteiger partial charge on any atom is 0.408 e. The molecule has 122 valence electrons. The van der Waals surface area contributed by atoms with Crippen LogP contribution in [0.3, 0.4) is 0 Å². The van der Waals surface area contributed by atoms with Crippen molar-refractivity contribution < 1.29 is 19.0 Å². The molecular weight excluding hydrogens is 309 g/mol. The normalized spacial score (nSPS) is 16.2. The summed E-state index contributed by atoms with van der Waals surface area (Å²) < 4.78 is 18.7. The molecule has 1 amide bonds. The lowest BCUT2D eigenvalue weighted by atomic mass is 9.88. The molecule has 1 atom stereocenters. The quantitative estimate of drug-likeness (QED) is 0.879. The predicted octanol–water partition coefficient (Wildman–Crippen LogP) is 3.46. The third kappa shape index (κ3) is 3.04. The minimum absolute atomic E-state index is 0.142. The molecule has 1 heterocycles. The first-order valence-corrected chi connectivity index (χ1v) is 7.54. The van der Waals surface area contributed by atoms with Crippen molar-refractivity contribution in [2.45, 2.75) is 12.5 Å². The lowest BCUT2D eigenvalue weighted by Gasteiger charge is -2.36. The molecule has 0 bridgehead atoms. The van der Waals surface area contributed by atoms with Gasteiger partial charge in [-0.25, -0.2) is 9.18 Å². The fourth-order valence-electron chi connectivity index (χ4n) is 3.02. The Kier molecular flexibility index (Phi) is 4.39. The summed E-state index contributed by atoms with van der Waals surface area (Å²) in [7, 11) is 0. The Bertz CT molecular complexity index is 795. The van der Waals surface area contributed by atoms with E-state index in [2.05, 4.69) is 5.92 Å². The average Bonchev–Trinajstić information content (AvgIpc) is 2.59. The molecule has 1 N–H and O–H groups in total. The van der Waals surface area contributed by atoms with E-state index in [1.165, 1.54) is 17.0 Å². The number of benzene rings is 2. The lowest BCUT2D eigenvalue weighted by Crippen LogP contribution is -2.39. The Hall–Kier alpha value is -3.00. The van der Waals surface area contributed by atoms with Gasteiger partial charge in [0.25, 0.3) is 0 Å². The van der Waals surface area contributed by atoms with Gasteiger partial charge in [0.05, 0.1) is 6.04 Å². The third-order valence-corrected chi connectivity index (χ3v) is 4.10. The van der Waals surface area contributed by atoms with Gasteiger partial charge in [-0.1, -0.05) is 24.1 Å². The monoisotopic (exact) mass is 325 g/mol. The highest BCUT2D eigenvalue weighted by Crippen LogP contribution is 2.37. The average molecular weight is 325 g/mol. The number of terminal acetylenes is 1. The van der Waals surface area contributed by atoms with Gasteiger partial charge in [-0.2, -0.15) is 0 Å². The maximum atomic E-state index is 13.2. The van der Waals surface area contributed by atoms with Crippen LogP contribution in [0.25, 0.3) is 0 Å². The van der Waals surface area contributed by atoms with Crippen molar-refractivity contribution in [3.63, 3.8) is 0 Å². The fourth-order valence-corrected chi connectivity index (χ4v) is 3.02. The highest BCUT2D eigenvalue weighted by molar-refractivity contribution is 5.68. The summed E-state index contributed by atoms with van der Waals surface area (Å²) in [6, 6.07) is 11.0. The molecule has 0 aromatic heterocycles. The first-order chi connectivity index (χ1) is 11.6. The highest BCUT2D eigenvalue weighted by Gasteiger charge is 2.32. The van der Waals surface area contributed by atoms with Crippen LogP contribution in [-0.4, -0.2) is 29.3 Å². The van der Waals surface area contributed by atoms with Crippen molar-refractivity contribution in [2.24, 2.45) is 0 Å². The number of hydrogen-bond acceptors (Lipinski definition) is 2. The van der Waals surface area contributed by atoms with Crippen molar-refractivity contribution in [2.75, 3.05) is 13.2 Å². The van der Waals surface area contributed by atoms with E-state index in [9.17, 15) is 14.3 Å². The van der Waals surface area contributed by atoms with Gasteiger partial charge < -0.3 is 9.84 Å². The SMILES string of the molecule is C#CCOc1ccc2c(c1)[C@H](c1ccc(F)cc1)N(C(=O)O)CC2. The van der Waals surface area contributed by atoms with Crippen LogP contribution in [0.1, 0.15) is 22.7 Å². The molecule has 0 saturated heterocycles. The second-order valence-corrected chi connectivity index (χ2v) is 5.53. The van der Waals surface area contributed by atoms with Crippen molar-refractivity contribution in [3.8, 4) is 18.1 Å². The number of amides is 1. The molecule has 0 radical (unpaired) electrons. The summed E-state index contributed by atoms with van der Waals surface area (Å²) in [5, 5.41) is 9.55. The summed E-state index contributed by atoms with van der Waals surface area (Å²) in [4.78, 5) is 13.0. The molecule has 5 heteroatoms. The molecule has 4 nitrogen and oxygen atoms in total. The highest BCUT2D eigenvalue weighted by atomic mass is 19.1. The van der Waals surface area contributed by atoms with E-state index >= 15 is 0 Å². The standard InChI is InChI=1S/C19H16FNO3/c1-2-11-24-16-8-5-13-9-10-21(19(22)23)18(17(13)12-16)14-3-6-15(20)7-4-14/h1,3-8,12,18H,9-11H2,(H,22,23)/t18-/m0/s1. The van der Waals surface area contributed by atoms with Crippen molar-refractivity contribution in [3.05, 3.63) is 65.0 Å². The molecule has 3 rings (SSSR count). The molecule has 0 spiro atoms. The van der Waals surface area contributed by atoms with E-state index in [-0.39, 0.29) is 12.4 Å². The Balaban J connectivity index is 2.07. The number of carbonyl (C=O) groups is 1. The van der Waals surface area contributed by atoms with Crippen molar-refractivity contribution in [1.82, 2.24) is 4.90 Å². The molecule has 2 aromatic carbocycles. The first kappa shape index (κ1) is 15.9. The minimum Gasteiger partial charge on any atom is -0.481 e. The summed E-state index contributed by atoms with van der Waals surface area (Å²) in [6.07, 6.45) is 4.82. The van der Waals surface area contributed by atoms with E-state index in [1.54, 1.807) is 12.1 Å². The van der Waals surface area contributed by atoms with Crippen LogP contribution in [-0.2, 0) is 6.42 Å². The Morgan fingerprint density at radius 2 is 2.08 bits per heavy atom. The zero-order valence-electron chi connectivity index (χ0n) is 12.9. The van der Waals surface area contributed by atoms with Gasteiger partial charge >= 0.3 is 6.09 Å². The van der Waals surface area contributed by atoms with Gasteiger partial charge in [0.2, 0.25) is 0 Å². The summed E-state index contributed by atoms with van der Waals surface area (Å²) in [6.45, 7) is 0.525. The van der Waals surface area contributed by atoms with Gasteiger partial charge in [-0.15, -0.1) is 6.42 Å². The second-order valence-electron chi connectivity index (χ2n) is 5.53. The molecule has 0 fully saturated rings. The van der Waals surface area contributed by atoms with Gasteiger partial charge in [-0.3, -0.25) is 4.90 Å². The van der Waals surface area contributed by atoms with Crippen LogP contribution in [0, 0.1) is 18.2 Å². The van der Waals surface area contributed by atoms with Crippen molar-refractivity contribution >= 4 is 6.09 Å². The van der Waals surface area contributed by atoms with Crippen LogP contribution < -0.4 is 4.74 Å². The van der Waals surface area contributed by atoms with E-state index in [0.717, 1.165) is 11.1 Å². The molecule has 1 aliphatic rings. The molecule has 0 saturated carbocycles. The van der Waals surface area contributed by atoms with Crippen LogP contribution in [0.5, 0.6) is 5.75 Å². The number of nitrogens with zero attached hydrogens (tertiary/aromatic N) is 1. The lowest BCUT2D eigenvalue weighted by molar-refractivity contribution is 0.129. The number of ether oxygens (including phenoxy) is 1. The van der Waals surface area contributed by atoms with E-state index in [0.29, 0.717) is 24.3 Å². The third-order valence-electron chi connectivity index (χ3n) is 4.10. The smallest absolute Gasteiger partial charge is 0.408 e. The van der Waals surface area contributed by atoms with E-state index < -0.39 is 12.1 Å². The minimum atomic E-state index is -1.01. The summed E-state index contributed by atoms with van der Waals surface area (Å²) >= 11 is 0. The molecular formula is C19H16FNO3. The number of halogens is 1. The molecule has 0 aliphatic carbocycles. The van der Waals surface area contributed by atoms with Crippen LogP contribution in [0.4, 0.5) is 9.18 Å². The van der Waals surface area contributed by atoms with Gasteiger partial charge in [0.1, 0.15) is 18.2 Å². The Morgan fingerprint density at radius 1 is 1.33 bits per heavy atom. The van der Waals surface area contributed by atoms with Crippen LogP contribution in [0.2, 0.25) is 0 Å². The number of rotatable bonds is 3. The second kappa shape index (κ2) is 6.63. The molecule has 0 unspecified atom stereocenters. The summed E-state index contributed by atoms with van der Waals surface area (Å²) in [5.74, 6) is 2.63. The Labute approximate surface area is 139 Å². The van der Waals surface area contributed by atoms with Crippen LogP contribution >= 0.6 is 0 Å². The van der Waals surface area contributed by atoms with Gasteiger partial charge in [0, 0.05) is 6.54 Å². The molecule has 2 aromatic rings. The first-order valence-electron chi connectivity index (χ1n) is 7.54. The predicted molar refractivity (Wildman–Crippen MR) is 87.4 cm³/mol. The Morgan fingerprint density at radius 3 is 2.75 bits per heavy atom. The maximum absolute atomic E-state index is 13.2. The topological polar surface area (TPSA) is 49.8 Å². The number of carboxylic acid groups (broad SMARTS) is 1. The van der Waals surface area contributed by atoms with E-state index in [1.807, 2.05) is 18.2 Å². The molecule has 24 heavy (non-hydrogen) atoms. The molecule has 1 aliphatic heterocycles. The van der Waals surface area contributed by atoms with Gasteiger partial charge in [-0.05, 0) is 47.4 Å². The van der Waals surface area contributed by atoms with Crippen molar-refractivity contribution in [1.29, 1.82) is 0 Å². The zero-order valence-corrected chi connectivity index (χ0v) is 12.9. The number of hydrogen-bond donors (Lipinski definition) is 1. The largest absolute Gasteiger partial charge is 0.481 e.